The number of ether oxygens (including phenoxy) is 2. The third-order valence-electron chi connectivity index (χ3n) is 19.7. The van der Waals surface area contributed by atoms with Gasteiger partial charge in [-0.25, -0.2) is 0 Å². The van der Waals surface area contributed by atoms with Gasteiger partial charge in [-0.15, -0.1) is 0 Å². The molecule has 3 heterocycles. The van der Waals surface area contributed by atoms with E-state index in [0.717, 1.165) is 79.0 Å². The second-order valence-electron chi connectivity index (χ2n) is 36.4. The van der Waals surface area contributed by atoms with E-state index in [1.54, 1.807) is 24.3 Å². The molecule has 0 fully saturated rings. The van der Waals surface area contributed by atoms with E-state index < -0.39 is 32.0 Å². The van der Waals surface area contributed by atoms with Crippen LogP contribution in [0.4, 0.5) is 8.78 Å². The minimum absolute atomic E-state index is 0.0654. The second kappa shape index (κ2) is 24.3. The fourth-order valence-corrected chi connectivity index (χ4v) is 19.0. The summed E-state index contributed by atoms with van der Waals surface area (Å²) in [7, 11) is 0. The van der Waals surface area contributed by atoms with Gasteiger partial charge in [0.05, 0.1) is 0 Å². The molecule has 0 amide bonds. The Morgan fingerprint density at radius 1 is 0.354 bits per heavy atom. The average Bonchev–Trinajstić information content (AvgIpc) is 1.51. The van der Waals surface area contributed by atoms with Crippen LogP contribution in [0.25, 0.3) is 77.2 Å². The van der Waals surface area contributed by atoms with Crippen molar-refractivity contribution in [3.05, 3.63) is 177 Å². The number of fused-ring (bicyclic) bond motifs is 12. The monoisotopic (exact) mass is 1370 g/mol. The van der Waals surface area contributed by atoms with Crippen LogP contribution >= 0.6 is 0 Å². The molecule has 10 aromatic rings. The standard InChI is InChI=1S/C85H104F2N2O4.2CH3.Zr/c1-50-36-58(86)46-66(64-38-56(84(21,22)48-78(3,4)5)44-72(74(64)90)88-68-40-52(80(9,10)11)26-30-60(68)61-31-27-53(41-69(61)88)81(12,13)14)76(50)92-34-25-35-93-77-51(2)37-59(87)47-67(77)65-39-57(85(23,24)49-79(6,7)8)45-73(75(65)91)89-70-42-54(82(15,16)17)28-32-62(70)63-33-29-55(43-71(63)89)83(18,19)20;;;/h26-33,36-47,90-91H,25,34-35,48-49H2,1-24H3;2*1H3;/q;;;+2/p-2. The SMILES string of the molecule is Cc1cc(F)cc2c1OCCCOc1c(C)cc(F)cc1-c1cc(C(C)(C)CC(C)(C)C)cc(-n3c4cc(C(C)(C)C)ccc4c4ccc(C(C)(C)C)cc43)c1[O][Zr]([CH3])([CH3])[O]c1c-2cc(C(C)(C)CC(C)(C)C)cc1-n1c2cc(C(C)(C)C)ccc2c2ccc(C(C)(C)C)cc21. The summed E-state index contributed by atoms with van der Waals surface area (Å²) in [4.78, 5) is 0. The molecule has 508 valence electrons. The fraction of sp³-hybridized carbons (Fsp3) is 0.448. The quantitative estimate of drug-likeness (QED) is 0.166. The predicted molar refractivity (Wildman–Crippen MR) is 399 cm³/mol. The first-order valence-corrected chi connectivity index (χ1v) is 41.9. The van der Waals surface area contributed by atoms with Crippen molar-refractivity contribution in [1.82, 2.24) is 9.13 Å². The van der Waals surface area contributed by atoms with Crippen molar-refractivity contribution < 1.29 is 45.0 Å². The summed E-state index contributed by atoms with van der Waals surface area (Å²) < 4.78 is 74.1. The van der Waals surface area contributed by atoms with E-state index in [9.17, 15) is 0 Å². The number of hydrogen-bond donors (Lipinski definition) is 0. The van der Waals surface area contributed by atoms with E-state index in [2.05, 4.69) is 268 Å². The second-order valence-corrected chi connectivity index (χ2v) is 44.3. The van der Waals surface area contributed by atoms with Gasteiger partial charge in [0.15, 0.2) is 0 Å². The molecule has 0 spiro atoms. The van der Waals surface area contributed by atoms with Gasteiger partial charge >= 0.3 is 583 Å². The van der Waals surface area contributed by atoms with Crippen LogP contribution in [-0.2, 0) is 53.6 Å². The summed E-state index contributed by atoms with van der Waals surface area (Å²) in [5.41, 5.74) is 15.0. The number of aryl methyl sites for hydroxylation is 2. The van der Waals surface area contributed by atoms with E-state index in [4.69, 9.17) is 15.1 Å². The summed E-state index contributed by atoms with van der Waals surface area (Å²) in [6.45, 7) is 54.8. The number of hydrogen-bond acceptors (Lipinski definition) is 4. The predicted octanol–water partition coefficient (Wildman–Crippen LogP) is 25.4. The molecular formula is C87H108F2N2O4Zr. The van der Waals surface area contributed by atoms with Gasteiger partial charge < -0.3 is 0 Å². The first-order chi connectivity index (χ1) is 44.2. The van der Waals surface area contributed by atoms with E-state index in [-0.39, 0.29) is 57.3 Å². The molecular weight excluding hydrogens is 1270 g/mol. The molecule has 11 rings (SSSR count). The van der Waals surface area contributed by atoms with Crippen molar-refractivity contribution in [3.8, 4) is 56.6 Å². The molecule has 9 heteroatoms. The van der Waals surface area contributed by atoms with E-state index in [1.165, 1.54) is 22.3 Å². The molecule has 0 bridgehead atoms. The third-order valence-corrected chi connectivity index (χ3v) is 23.1. The van der Waals surface area contributed by atoms with Crippen LogP contribution in [0.15, 0.2) is 121 Å². The van der Waals surface area contributed by atoms with Crippen LogP contribution in [0.1, 0.15) is 216 Å². The normalized spacial score (nSPS) is 14.8. The summed E-state index contributed by atoms with van der Waals surface area (Å²) >= 11 is -4.99. The topological polar surface area (TPSA) is 46.8 Å². The van der Waals surface area contributed by atoms with Crippen LogP contribution in [0, 0.1) is 36.3 Å². The Morgan fingerprint density at radius 3 is 0.906 bits per heavy atom. The van der Waals surface area contributed by atoms with Crippen molar-refractivity contribution in [2.45, 2.75) is 227 Å². The average molecular weight is 1380 g/mol. The van der Waals surface area contributed by atoms with Crippen molar-refractivity contribution in [2.24, 2.45) is 10.8 Å². The molecule has 0 N–H and O–H groups in total. The maximum atomic E-state index is 17.0. The van der Waals surface area contributed by atoms with Crippen molar-refractivity contribution in [2.75, 3.05) is 13.2 Å². The van der Waals surface area contributed by atoms with Crippen LogP contribution in [-0.4, -0.2) is 22.3 Å². The first-order valence-electron chi connectivity index (χ1n) is 35.0. The van der Waals surface area contributed by atoms with Crippen LogP contribution in [0.5, 0.6) is 23.0 Å². The van der Waals surface area contributed by atoms with Gasteiger partial charge in [0, 0.05) is 0 Å². The Bertz CT molecular complexity index is 4260. The molecule has 0 saturated carbocycles. The number of nitrogens with zero attached hydrogens (tertiary/aromatic N) is 2. The zero-order valence-electron chi connectivity index (χ0n) is 62.9. The molecule has 1 aliphatic heterocycles. The molecule has 96 heavy (non-hydrogen) atoms. The van der Waals surface area contributed by atoms with Crippen molar-refractivity contribution in [1.29, 1.82) is 0 Å². The van der Waals surface area contributed by atoms with E-state index in [0.29, 0.717) is 62.8 Å². The zero-order chi connectivity index (χ0) is 70.3. The summed E-state index contributed by atoms with van der Waals surface area (Å²) in [6, 6.07) is 43.5. The number of rotatable bonds is 6. The molecule has 8 aromatic carbocycles. The molecule has 0 saturated heterocycles. The molecule has 0 aliphatic carbocycles. The van der Waals surface area contributed by atoms with Crippen LogP contribution < -0.4 is 15.1 Å². The van der Waals surface area contributed by atoms with Crippen molar-refractivity contribution in [3.63, 3.8) is 0 Å². The number of aromatic nitrogens is 2. The van der Waals surface area contributed by atoms with Gasteiger partial charge in [-0.05, 0) is 0 Å². The maximum absolute atomic E-state index is 17.0. The molecule has 0 atom stereocenters. The molecule has 0 unspecified atom stereocenters. The minimum atomic E-state index is -4.99. The Kier molecular flexibility index (Phi) is 17.9. The Labute approximate surface area is 579 Å². The van der Waals surface area contributed by atoms with Crippen LogP contribution in [0.2, 0.25) is 9.26 Å². The van der Waals surface area contributed by atoms with Gasteiger partial charge in [-0.1, -0.05) is 0 Å². The van der Waals surface area contributed by atoms with Gasteiger partial charge in [0.25, 0.3) is 0 Å². The van der Waals surface area contributed by atoms with Crippen molar-refractivity contribution >= 4 is 43.6 Å². The first kappa shape index (κ1) is 70.6. The van der Waals surface area contributed by atoms with Gasteiger partial charge in [0.2, 0.25) is 0 Å². The van der Waals surface area contributed by atoms with Gasteiger partial charge in [0.1, 0.15) is 0 Å². The van der Waals surface area contributed by atoms with Gasteiger partial charge in [-0.2, -0.15) is 0 Å². The van der Waals surface area contributed by atoms with Crippen LogP contribution in [0.3, 0.4) is 0 Å². The molecule has 2 aromatic heterocycles. The molecule has 1 aliphatic rings. The van der Waals surface area contributed by atoms with E-state index >= 15 is 8.78 Å². The number of benzene rings is 8. The van der Waals surface area contributed by atoms with Gasteiger partial charge in [-0.3, -0.25) is 0 Å². The summed E-state index contributed by atoms with van der Waals surface area (Å²) in [5.74, 6) is 1.54. The summed E-state index contributed by atoms with van der Waals surface area (Å²) in [6.07, 6.45) is 2.17. The molecule has 0 radical (unpaired) electrons. The zero-order valence-corrected chi connectivity index (χ0v) is 65.3. The third kappa shape index (κ3) is 14.0. The summed E-state index contributed by atoms with van der Waals surface area (Å²) in [5, 5.41) is 4.47. The molecule has 6 nitrogen and oxygen atoms in total. The fourth-order valence-electron chi connectivity index (χ4n) is 15.4. The Balaban J connectivity index is 1.34. The Hall–Kier alpha value is -6.70. The van der Waals surface area contributed by atoms with E-state index in [1.807, 2.05) is 13.8 Å². The number of halogens is 2. The Morgan fingerprint density at radius 2 is 0.635 bits per heavy atom.